The van der Waals surface area contributed by atoms with E-state index in [4.69, 9.17) is 11.5 Å². The summed E-state index contributed by atoms with van der Waals surface area (Å²) in [6, 6.07) is 0. The molecule has 0 saturated heterocycles. The lowest BCUT2D eigenvalue weighted by atomic mass is 9.95. The number of aliphatic carboxylic acids is 1. The number of hydrogen-bond donors (Lipinski definition) is 2. The highest BCUT2D eigenvalue weighted by molar-refractivity contribution is 5.85. The normalized spacial score (nSPS) is 24.5. The molecule has 82 valence electrons. The van der Waals surface area contributed by atoms with Gasteiger partial charge in [-0.05, 0) is 12.8 Å². The largest absolute Gasteiger partial charge is 0.481 e. The third kappa shape index (κ3) is 2.98. The van der Waals surface area contributed by atoms with Gasteiger partial charge >= 0.3 is 5.97 Å². The van der Waals surface area contributed by atoms with Gasteiger partial charge in [0.1, 0.15) is 0 Å². The summed E-state index contributed by atoms with van der Waals surface area (Å²) in [5, 5.41) is 11.6. The van der Waals surface area contributed by atoms with Crippen LogP contribution in [0, 0.1) is 24.2 Å². The molecule has 2 atom stereocenters. The van der Waals surface area contributed by atoms with Gasteiger partial charge in [0.15, 0.2) is 0 Å². The van der Waals surface area contributed by atoms with Crippen molar-refractivity contribution in [3.8, 4) is 12.3 Å². The van der Waals surface area contributed by atoms with Gasteiger partial charge in [0.2, 0.25) is 5.91 Å². The lowest BCUT2D eigenvalue weighted by Crippen LogP contribution is -2.35. The Labute approximate surface area is 89.0 Å². The molecule has 2 unspecified atom stereocenters. The molecule has 1 fully saturated rings. The highest BCUT2D eigenvalue weighted by Gasteiger charge is 2.37. The van der Waals surface area contributed by atoms with E-state index in [-0.39, 0.29) is 11.8 Å². The summed E-state index contributed by atoms with van der Waals surface area (Å²) < 4.78 is 0. The van der Waals surface area contributed by atoms with E-state index < -0.39 is 11.9 Å². The fraction of sp³-hybridized carbons (Fsp3) is 0.636. The molecule has 0 bridgehead atoms. The zero-order valence-electron chi connectivity index (χ0n) is 8.53. The zero-order chi connectivity index (χ0) is 11.3. The quantitative estimate of drug-likeness (QED) is 0.527. The Morgan fingerprint density at radius 1 is 1.40 bits per heavy atom. The lowest BCUT2D eigenvalue weighted by molar-refractivity contribution is -0.146. The molecule has 1 rings (SSSR count). The Morgan fingerprint density at radius 3 is 2.67 bits per heavy atom. The van der Waals surface area contributed by atoms with Gasteiger partial charge in [0.05, 0.1) is 11.8 Å². The maximum Gasteiger partial charge on any atom is 0.307 e. The third-order valence-electron chi connectivity index (χ3n) is 2.74. The summed E-state index contributed by atoms with van der Waals surface area (Å²) in [7, 11) is 0. The summed E-state index contributed by atoms with van der Waals surface area (Å²) >= 11 is 0. The van der Waals surface area contributed by atoms with Gasteiger partial charge in [0, 0.05) is 13.0 Å². The summed E-state index contributed by atoms with van der Waals surface area (Å²) in [6.45, 7) is 0.429. The van der Waals surface area contributed by atoms with Crippen molar-refractivity contribution < 1.29 is 14.7 Å². The molecule has 0 spiro atoms. The molecule has 1 aliphatic rings. The molecular formula is C11H15NO3. The van der Waals surface area contributed by atoms with Gasteiger partial charge in [-0.3, -0.25) is 9.59 Å². The van der Waals surface area contributed by atoms with E-state index in [1.54, 1.807) is 0 Å². The van der Waals surface area contributed by atoms with Crippen LogP contribution in [-0.4, -0.2) is 23.5 Å². The van der Waals surface area contributed by atoms with E-state index in [1.807, 2.05) is 0 Å². The maximum absolute atomic E-state index is 11.6. The van der Waals surface area contributed by atoms with Crippen LogP contribution < -0.4 is 5.32 Å². The van der Waals surface area contributed by atoms with Crippen LogP contribution in [0.4, 0.5) is 0 Å². The predicted octanol–water partition coefficient (Wildman–Crippen LogP) is 0.627. The minimum Gasteiger partial charge on any atom is -0.481 e. The Balaban J connectivity index is 2.45. The van der Waals surface area contributed by atoms with Crippen molar-refractivity contribution in [2.24, 2.45) is 11.8 Å². The number of rotatable bonds is 4. The van der Waals surface area contributed by atoms with Gasteiger partial charge in [-0.1, -0.05) is 6.42 Å². The molecular weight excluding hydrogens is 194 g/mol. The van der Waals surface area contributed by atoms with E-state index in [0.717, 1.165) is 6.42 Å². The van der Waals surface area contributed by atoms with Crippen molar-refractivity contribution in [1.29, 1.82) is 0 Å². The van der Waals surface area contributed by atoms with E-state index >= 15 is 0 Å². The molecule has 0 aromatic rings. The molecule has 1 aliphatic carbocycles. The molecule has 0 radical (unpaired) electrons. The lowest BCUT2D eigenvalue weighted by Gasteiger charge is -2.14. The van der Waals surface area contributed by atoms with Crippen LogP contribution in [0.15, 0.2) is 0 Å². The first-order chi connectivity index (χ1) is 7.16. The predicted molar refractivity (Wildman–Crippen MR) is 54.9 cm³/mol. The van der Waals surface area contributed by atoms with Crippen molar-refractivity contribution in [3.05, 3.63) is 0 Å². The molecule has 1 saturated carbocycles. The van der Waals surface area contributed by atoms with Crippen LogP contribution in [0.3, 0.4) is 0 Å². The molecule has 0 aliphatic heterocycles. The molecule has 15 heavy (non-hydrogen) atoms. The van der Waals surface area contributed by atoms with Crippen molar-refractivity contribution in [1.82, 2.24) is 5.32 Å². The number of nitrogens with one attached hydrogen (secondary N) is 1. The fourth-order valence-electron chi connectivity index (χ4n) is 1.96. The second-order valence-corrected chi connectivity index (χ2v) is 3.73. The Hall–Kier alpha value is -1.50. The average Bonchev–Trinajstić information content (AvgIpc) is 2.66. The molecule has 0 aromatic heterocycles. The minimum absolute atomic E-state index is 0.171. The third-order valence-corrected chi connectivity index (χ3v) is 2.74. The van der Waals surface area contributed by atoms with Crippen LogP contribution in [0.2, 0.25) is 0 Å². The highest BCUT2D eigenvalue weighted by Crippen LogP contribution is 2.31. The van der Waals surface area contributed by atoms with Gasteiger partial charge in [0.25, 0.3) is 0 Å². The number of carbonyl (C=O) groups excluding carboxylic acids is 1. The van der Waals surface area contributed by atoms with Crippen LogP contribution in [0.25, 0.3) is 0 Å². The first kappa shape index (κ1) is 11.6. The average molecular weight is 209 g/mol. The summed E-state index contributed by atoms with van der Waals surface area (Å²) in [6.07, 6.45) is 7.61. The van der Waals surface area contributed by atoms with Crippen LogP contribution in [-0.2, 0) is 9.59 Å². The van der Waals surface area contributed by atoms with Crippen molar-refractivity contribution in [2.75, 3.05) is 6.54 Å². The maximum atomic E-state index is 11.6. The Kier molecular flexibility index (Phi) is 4.17. The Morgan fingerprint density at radius 2 is 2.07 bits per heavy atom. The van der Waals surface area contributed by atoms with Crippen molar-refractivity contribution >= 4 is 11.9 Å². The second kappa shape index (κ2) is 5.40. The topological polar surface area (TPSA) is 66.4 Å². The standard InChI is InChI=1S/C11H15NO3/c1-2-3-7-12-10(13)8-5-4-6-9(8)11(14)15/h1,8-9H,3-7H2,(H,12,13)(H,14,15). The van der Waals surface area contributed by atoms with E-state index in [1.165, 1.54) is 0 Å². The first-order valence-electron chi connectivity index (χ1n) is 5.10. The summed E-state index contributed by atoms with van der Waals surface area (Å²) in [4.78, 5) is 22.4. The number of amides is 1. The molecule has 1 amide bonds. The second-order valence-electron chi connectivity index (χ2n) is 3.73. The van der Waals surface area contributed by atoms with Crippen molar-refractivity contribution in [3.63, 3.8) is 0 Å². The van der Waals surface area contributed by atoms with Crippen molar-refractivity contribution in [2.45, 2.75) is 25.7 Å². The smallest absolute Gasteiger partial charge is 0.307 e. The van der Waals surface area contributed by atoms with E-state index in [2.05, 4.69) is 11.2 Å². The first-order valence-corrected chi connectivity index (χ1v) is 5.10. The molecule has 0 heterocycles. The van der Waals surface area contributed by atoms with Gasteiger partial charge < -0.3 is 10.4 Å². The van der Waals surface area contributed by atoms with Gasteiger partial charge in [-0.2, -0.15) is 0 Å². The van der Waals surface area contributed by atoms with Gasteiger partial charge in [-0.25, -0.2) is 0 Å². The monoisotopic (exact) mass is 209 g/mol. The van der Waals surface area contributed by atoms with E-state index in [0.29, 0.717) is 25.8 Å². The number of terminal acetylenes is 1. The summed E-state index contributed by atoms with van der Waals surface area (Å²) in [5.41, 5.74) is 0. The Bertz CT molecular complexity index is 293. The number of hydrogen-bond acceptors (Lipinski definition) is 2. The van der Waals surface area contributed by atoms with E-state index in [9.17, 15) is 9.59 Å². The zero-order valence-corrected chi connectivity index (χ0v) is 8.53. The molecule has 0 aromatic carbocycles. The number of carboxylic acids is 1. The number of carbonyl (C=O) groups is 2. The SMILES string of the molecule is C#CCCNC(=O)C1CCCC1C(=O)O. The fourth-order valence-corrected chi connectivity index (χ4v) is 1.96. The van der Waals surface area contributed by atoms with Crippen LogP contribution in [0.5, 0.6) is 0 Å². The number of carboxylic acid groups (broad SMARTS) is 1. The highest BCUT2D eigenvalue weighted by atomic mass is 16.4. The summed E-state index contributed by atoms with van der Waals surface area (Å²) in [5.74, 6) is 0.482. The molecule has 4 heteroatoms. The van der Waals surface area contributed by atoms with Crippen LogP contribution >= 0.6 is 0 Å². The minimum atomic E-state index is -0.871. The molecule has 2 N–H and O–H groups in total. The molecule has 4 nitrogen and oxygen atoms in total. The van der Waals surface area contributed by atoms with Crippen LogP contribution in [0.1, 0.15) is 25.7 Å². The van der Waals surface area contributed by atoms with Gasteiger partial charge in [-0.15, -0.1) is 12.3 Å².